The highest BCUT2D eigenvalue weighted by molar-refractivity contribution is 5.80. The van der Waals surface area contributed by atoms with Crippen LogP contribution >= 0.6 is 0 Å². The molecule has 1 heterocycles. The molecular formula is C73H121NO10. The summed E-state index contributed by atoms with van der Waals surface area (Å²) in [5.74, 6) is -1.25. The molecule has 0 saturated carbocycles. The van der Waals surface area contributed by atoms with Crippen LogP contribution in [0.5, 0.6) is 0 Å². The van der Waals surface area contributed by atoms with E-state index in [9.17, 15) is 35.1 Å². The number of carbonyl (C=O) groups is 2. The first-order valence-corrected chi connectivity index (χ1v) is 33.5. The van der Waals surface area contributed by atoms with Crippen LogP contribution < -0.4 is 5.32 Å². The van der Waals surface area contributed by atoms with Crippen molar-refractivity contribution in [1.29, 1.82) is 0 Å². The van der Waals surface area contributed by atoms with Crippen LogP contribution in [0.2, 0.25) is 0 Å². The number of nitrogens with one attached hydrogen (secondary N) is 1. The maximum Gasteiger partial charge on any atom is 0.306 e. The normalized spacial score (nSPS) is 19.4. The number of ether oxygens (including phenoxy) is 3. The molecule has 1 rings (SSSR count). The first kappa shape index (κ1) is 77.8. The van der Waals surface area contributed by atoms with Crippen molar-refractivity contribution in [2.24, 2.45) is 0 Å². The first-order valence-electron chi connectivity index (χ1n) is 33.5. The molecule has 6 N–H and O–H groups in total. The fraction of sp³-hybridized carbons (Fsp3) is 0.671. The number of hydrogen-bond donors (Lipinski definition) is 6. The second kappa shape index (κ2) is 59.1. The number of hydrogen-bond acceptors (Lipinski definition) is 10. The summed E-state index contributed by atoms with van der Waals surface area (Å²) in [7, 11) is 0. The zero-order valence-corrected chi connectivity index (χ0v) is 53.0. The summed E-state index contributed by atoms with van der Waals surface area (Å²) < 4.78 is 17.6. The molecule has 1 aliphatic rings. The smallest absolute Gasteiger partial charge is 0.306 e. The van der Waals surface area contributed by atoms with Gasteiger partial charge in [0.05, 0.1) is 25.4 Å². The zero-order valence-electron chi connectivity index (χ0n) is 53.0. The van der Waals surface area contributed by atoms with Gasteiger partial charge < -0.3 is 45.1 Å². The van der Waals surface area contributed by atoms with Gasteiger partial charge in [0.25, 0.3) is 0 Å². The molecule has 11 heteroatoms. The quantitative estimate of drug-likeness (QED) is 0.0149. The summed E-state index contributed by atoms with van der Waals surface area (Å²) in [5, 5.41) is 57.1. The van der Waals surface area contributed by atoms with E-state index in [4.69, 9.17) is 14.2 Å². The summed E-state index contributed by atoms with van der Waals surface area (Å²) in [6.45, 7) is 5.58. The van der Waals surface area contributed by atoms with Gasteiger partial charge in [-0.2, -0.15) is 0 Å². The number of unbranched alkanes of at least 4 members (excludes halogenated alkanes) is 26. The summed E-state index contributed by atoms with van der Waals surface area (Å²) in [4.78, 5) is 26.6. The number of esters is 1. The Morgan fingerprint density at radius 2 is 0.905 bits per heavy atom. The minimum Gasteiger partial charge on any atom is -0.454 e. The zero-order chi connectivity index (χ0) is 61.0. The lowest BCUT2D eigenvalue weighted by Crippen LogP contribution is -2.61. The minimum atomic E-state index is -1.64. The maximum atomic E-state index is 13.5. The van der Waals surface area contributed by atoms with Crippen LogP contribution in [0.1, 0.15) is 252 Å². The van der Waals surface area contributed by atoms with Gasteiger partial charge in [-0.15, -0.1) is 0 Å². The van der Waals surface area contributed by atoms with E-state index in [0.29, 0.717) is 12.8 Å². The number of aliphatic hydroxyl groups is 5. The van der Waals surface area contributed by atoms with Crippen molar-refractivity contribution in [1.82, 2.24) is 5.32 Å². The number of amides is 1. The Morgan fingerprint density at radius 3 is 1.42 bits per heavy atom. The van der Waals surface area contributed by atoms with Crippen molar-refractivity contribution < 1.29 is 49.3 Å². The second-order valence-electron chi connectivity index (χ2n) is 22.6. The topological polar surface area (TPSA) is 175 Å². The van der Waals surface area contributed by atoms with Gasteiger partial charge in [0.1, 0.15) is 24.4 Å². The molecule has 8 atom stereocenters. The molecule has 0 aliphatic carbocycles. The Balaban J connectivity index is 2.63. The van der Waals surface area contributed by atoms with Crippen LogP contribution in [0.25, 0.3) is 0 Å². The van der Waals surface area contributed by atoms with Gasteiger partial charge in [-0.05, 0) is 89.9 Å². The molecule has 1 amide bonds. The van der Waals surface area contributed by atoms with Crippen LogP contribution in [-0.2, 0) is 23.8 Å². The van der Waals surface area contributed by atoms with Crippen molar-refractivity contribution in [3.8, 4) is 0 Å². The Morgan fingerprint density at radius 1 is 0.488 bits per heavy atom. The average molecular weight is 1170 g/mol. The van der Waals surface area contributed by atoms with Crippen LogP contribution in [0.3, 0.4) is 0 Å². The molecule has 0 bridgehead atoms. The molecule has 0 aromatic rings. The van der Waals surface area contributed by atoms with Crippen molar-refractivity contribution in [3.63, 3.8) is 0 Å². The van der Waals surface area contributed by atoms with Gasteiger partial charge in [0.2, 0.25) is 5.91 Å². The lowest BCUT2D eigenvalue weighted by atomic mass is 9.99. The number of aliphatic hydroxyl groups excluding tert-OH is 5. The molecule has 0 aromatic carbocycles. The Labute approximate surface area is 512 Å². The fourth-order valence-corrected chi connectivity index (χ4v) is 9.67. The molecule has 0 spiro atoms. The summed E-state index contributed by atoms with van der Waals surface area (Å²) in [5.41, 5.74) is 0. The van der Waals surface area contributed by atoms with E-state index in [0.717, 1.165) is 96.3 Å². The van der Waals surface area contributed by atoms with Gasteiger partial charge in [0, 0.05) is 6.42 Å². The third-order valence-electron chi connectivity index (χ3n) is 14.9. The number of allylic oxidation sites excluding steroid dienone is 21. The van der Waals surface area contributed by atoms with Crippen LogP contribution in [0.15, 0.2) is 134 Å². The van der Waals surface area contributed by atoms with Crippen LogP contribution in [0.4, 0.5) is 0 Å². The van der Waals surface area contributed by atoms with Gasteiger partial charge in [-0.1, -0.05) is 289 Å². The highest BCUT2D eigenvalue weighted by Crippen LogP contribution is 2.26. The van der Waals surface area contributed by atoms with Crippen molar-refractivity contribution >= 4 is 11.9 Å². The van der Waals surface area contributed by atoms with Crippen molar-refractivity contribution in [2.75, 3.05) is 13.2 Å². The number of rotatable bonds is 55. The van der Waals surface area contributed by atoms with E-state index < -0.39 is 67.4 Å². The van der Waals surface area contributed by atoms with E-state index in [2.05, 4.69) is 86.8 Å². The SMILES string of the molecule is CC\C=C/C=C/C=C/C=C\C=C\C=C\CCCCCC(=O)OC1C(OCC(NC(=O)C(O)CCCCCCCCCCCC/C=C\C/C=C\C/C=C\C/C=C\CCCCC)C(O)/C=C/CCCCCCCCCCCC)OC(CO)C(O)C1O. The third kappa shape index (κ3) is 46.1. The standard InChI is InChI=1S/C73H121NO10/c1-4-7-10-13-16-19-22-25-27-29-30-31-32-33-34-35-36-37-39-40-42-45-48-51-54-57-60-66(77)72(81)74-64(65(76)59-56-53-50-47-44-24-21-18-15-12-9-6-3)63-82-73-71(70(80)69(79)67(62-75)83-73)84-68(78)61-58-55-52-49-46-43-41-38-28-26-23-20-17-14-11-8-5-2/h8,11,14,16-17,19-20,23,25-28,30-31,33-34,38,41,43,46,56,59,64-67,69-71,73,75-77,79-80H,4-7,9-10,12-13,15,18,21-22,24,29,32,35-37,39-40,42,44-45,47-55,57-58,60-63H2,1-3H3,(H,74,81)/b11-8-,17-14+,19-16-,23-20+,27-25-,28-26-,31-30-,34-33-,41-38+,46-43+,59-56+. The molecule has 0 radical (unpaired) electrons. The molecule has 1 aliphatic heterocycles. The fourth-order valence-electron chi connectivity index (χ4n) is 9.67. The highest BCUT2D eigenvalue weighted by Gasteiger charge is 2.47. The summed E-state index contributed by atoms with van der Waals surface area (Å²) >= 11 is 0. The maximum absolute atomic E-state index is 13.5. The van der Waals surface area contributed by atoms with Crippen molar-refractivity contribution in [3.05, 3.63) is 134 Å². The highest BCUT2D eigenvalue weighted by atomic mass is 16.7. The molecule has 11 nitrogen and oxygen atoms in total. The first-order chi connectivity index (χ1) is 41.2. The minimum absolute atomic E-state index is 0.0648. The molecule has 478 valence electrons. The number of carbonyl (C=O) groups excluding carboxylic acids is 2. The molecular weight excluding hydrogens is 1050 g/mol. The predicted molar refractivity (Wildman–Crippen MR) is 351 cm³/mol. The average Bonchev–Trinajstić information content (AvgIpc) is 3.69. The third-order valence-corrected chi connectivity index (χ3v) is 14.9. The molecule has 0 aromatic heterocycles. The monoisotopic (exact) mass is 1170 g/mol. The van der Waals surface area contributed by atoms with Gasteiger partial charge in [-0.3, -0.25) is 9.59 Å². The molecule has 8 unspecified atom stereocenters. The van der Waals surface area contributed by atoms with E-state index in [-0.39, 0.29) is 19.4 Å². The molecule has 1 saturated heterocycles. The van der Waals surface area contributed by atoms with E-state index >= 15 is 0 Å². The van der Waals surface area contributed by atoms with Gasteiger partial charge in [0.15, 0.2) is 12.4 Å². The molecule has 1 fully saturated rings. The molecule has 84 heavy (non-hydrogen) atoms. The lowest BCUT2D eigenvalue weighted by Gasteiger charge is -2.41. The van der Waals surface area contributed by atoms with Crippen LogP contribution in [0, 0.1) is 0 Å². The van der Waals surface area contributed by atoms with E-state index in [1.807, 2.05) is 66.8 Å². The van der Waals surface area contributed by atoms with Crippen LogP contribution in [-0.4, -0.2) is 99.6 Å². The van der Waals surface area contributed by atoms with Crippen molar-refractivity contribution in [2.45, 2.75) is 301 Å². The Bertz CT molecular complexity index is 1880. The largest absolute Gasteiger partial charge is 0.454 e. The van der Waals surface area contributed by atoms with Gasteiger partial charge >= 0.3 is 5.97 Å². The summed E-state index contributed by atoms with van der Waals surface area (Å²) in [6, 6.07) is -1.05. The lowest BCUT2D eigenvalue weighted by molar-refractivity contribution is -0.305. The van der Waals surface area contributed by atoms with E-state index in [1.165, 1.54) is 109 Å². The second-order valence-corrected chi connectivity index (χ2v) is 22.6. The Kier molecular flexibility index (Phi) is 54.8. The van der Waals surface area contributed by atoms with Gasteiger partial charge in [-0.25, -0.2) is 0 Å². The summed E-state index contributed by atoms with van der Waals surface area (Å²) in [6.07, 6.45) is 73.4. The Hall–Kier alpha value is -4.20. The van der Waals surface area contributed by atoms with E-state index in [1.54, 1.807) is 6.08 Å². The predicted octanol–water partition coefficient (Wildman–Crippen LogP) is 16.8.